The first-order chi connectivity index (χ1) is 6.88. The molecule has 3 heteroatoms. The average molecular weight is 245 g/mol. The van der Waals surface area contributed by atoms with E-state index >= 15 is 0 Å². The van der Waals surface area contributed by atoms with E-state index in [-0.39, 0.29) is 5.78 Å². The number of Topliss-reactive ketones (excluding diaryl/α,β-unsaturated/α-hetero) is 1. The van der Waals surface area contributed by atoms with E-state index in [1.54, 1.807) is 18.2 Å². The standard InChI is InChI=1S/C12H14Cl2O/c1-8-6-9(14)4-5-10(8)11(15)12(2,3)7-13/h4-6H,7H2,1-3H3. The molecule has 1 aromatic rings. The first-order valence-corrected chi connectivity index (χ1v) is 5.66. The van der Waals surface area contributed by atoms with Crippen LogP contribution in [0.2, 0.25) is 5.02 Å². The van der Waals surface area contributed by atoms with Crippen molar-refractivity contribution in [3.8, 4) is 0 Å². The van der Waals surface area contributed by atoms with Crippen LogP contribution in [0.4, 0.5) is 0 Å². The third-order valence-electron chi connectivity index (χ3n) is 2.38. The van der Waals surface area contributed by atoms with Gasteiger partial charge >= 0.3 is 0 Å². The van der Waals surface area contributed by atoms with E-state index in [0.29, 0.717) is 16.5 Å². The van der Waals surface area contributed by atoms with E-state index in [0.717, 1.165) is 5.56 Å². The summed E-state index contributed by atoms with van der Waals surface area (Å²) in [6, 6.07) is 5.28. The first kappa shape index (κ1) is 12.5. The van der Waals surface area contributed by atoms with E-state index in [4.69, 9.17) is 23.2 Å². The highest BCUT2D eigenvalue weighted by atomic mass is 35.5. The second-order valence-electron chi connectivity index (χ2n) is 4.31. The average Bonchev–Trinajstić information content (AvgIpc) is 2.17. The van der Waals surface area contributed by atoms with Crippen molar-refractivity contribution in [3.05, 3.63) is 34.3 Å². The molecule has 0 saturated heterocycles. The first-order valence-electron chi connectivity index (χ1n) is 4.75. The van der Waals surface area contributed by atoms with Crippen molar-refractivity contribution in [2.75, 3.05) is 5.88 Å². The van der Waals surface area contributed by atoms with Crippen molar-refractivity contribution in [1.29, 1.82) is 0 Å². The molecule has 0 saturated carbocycles. The number of hydrogen-bond acceptors (Lipinski definition) is 1. The lowest BCUT2D eigenvalue weighted by Crippen LogP contribution is -2.26. The monoisotopic (exact) mass is 244 g/mol. The van der Waals surface area contributed by atoms with Gasteiger partial charge in [0.2, 0.25) is 0 Å². The number of aryl methyl sites for hydroxylation is 1. The largest absolute Gasteiger partial charge is 0.294 e. The van der Waals surface area contributed by atoms with Crippen molar-refractivity contribution in [1.82, 2.24) is 0 Å². The number of rotatable bonds is 3. The lowest BCUT2D eigenvalue weighted by Gasteiger charge is -2.20. The van der Waals surface area contributed by atoms with Crippen LogP contribution in [0.5, 0.6) is 0 Å². The summed E-state index contributed by atoms with van der Waals surface area (Å²) in [5, 5.41) is 0.646. The van der Waals surface area contributed by atoms with Crippen molar-refractivity contribution >= 4 is 29.0 Å². The Bertz CT molecular complexity index is 383. The summed E-state index contributed by atoms with van der Waals surface area (Å²) < 4.78 is 0. The summed E-state index contributed by atoms with van der Waals surface area (Å²) in [5.41, 5.74) is 1.07. The maximum Gasteiger partial charge on any atom is 0.169 e. The van der Waals surface area contributed by atoms with Gasteiger partial charge in [-0.25, -0.2) is 0 Å². The molecule has 0 unspecified atom stereocenters. The van der Waals surface area contributed by atoms with Gasteiger partial charge in [0.25, 0.3) is 0 Å². The molecule has 1 nitrogen and oxygen atoms in total. The molecule has 15 heavy (non-hydrogen) atoms. The SMILES string of the molecule is Cc1cc(Cl)ccc1C(=O)C(C)(C)CCl. The fourth-order valence-electron chi connectivity index (χ4n) is 1.31. The highest BCUT2D eigenvalue weighted by Gasteiger charge is 2.28. The summed E-state index contributed by atoms with van der Waals surface area (Å²) in [5.74, 6) is 0.375. The van der Waals surface area contributed by atoms with Gasteiger partial charge in [0, 0.05) is 21.9 Å². The molecule has 0 fully saturated rings. The van der Waals surface area contributed by atoms with E-state index in [1.165, 1.54) is 0 Å². The van der Waals surface area contributed by atoms with Gasteiger partial charge in [-0.15, -0.1) is 11.6 Å². The Morgan fingerprint density at radius 3 is 2.47 bits per heavy atom. The second-order valence-corrected chi connectivity index (χ2v) is 5.01. The Morgan fingerprint density at radius 1 is 1.40 bits per heavy atom. The van der Waals surface area contributed by atoms with Crippen LogP contribution in [0.3, 0.4) is 0 Å². The topological polar surface area (TPSA) is 17.1 Å². The summed E-state index contributed by atoms with van der Waals surface area (Å²) in [4.78, 5) is 12.1. The van der Waals surface area contributed by atoms with Crippen LogP contribution in [0.15, 0.2) is 18.2 Å². The predicted molar refractivity (Wildman–Crippen MR) is 65.0 cm³/mol. The molecular weight excluding hydrogens is 231 g/mol. The van der Waals surface area contributed by atoms with Gasteiger partial charge in [-0.3, -0.25) is 4.79 Å². The molecule has 0 N–H and O–H groups in total. The van der Waals surface area contributed by atoms with Gasteiger partial charge in [0.05, 0.1) is 0 Å². The number of ketones is 1. The van der Waals surface area contributed by atoms with Crippen molar-refractivity contribution in [3.63, 3.8) is 0 Å². The zero-order chi connectivity index (χ0) is 11.6. The highest BCUT2D eigenvalue weighted by Crippen LogP contribution is 2.26. The van der Waals surface area contributed by atoms with Crippen LogP contribution >= 0.6 is 23.2 Å². The normalized spacial score (nSPS) is 11.5. The summed E-state index contributed by atoms with van der Waals surface area (Å²) >= 11 is 11.6. The van der Waals surface area contributed by atoms with Gasteiger partial charge in [-0.2, -0.15) is 0 Å². The zero-order valence-electron chi connectivity index (χ0n) is 9.10. The minimum Gasteiger partial charge on any atom is -0.294 e. The molecule has 1 rings (SSSR count). The summed E-state index contributed by atoms with van der Waals surface area (Å²) in [6.07, 6.45) is 0. The van der Waals surface area contributed by atoms with Crippen LogP contribution in [0.25, 0.3) is 0 Å². The van der Waals surface area contributed by atoms with E-state index < -0.39 is 5.41 Å². The van der Waals surface area contributed by atoms with Crippen LogP contribution in [-0.2, 0) is 0 Å². The number of hydrogen-bond donors (Lipinski definition) is 0. The number of benzene rings is 1. The Morgan fingerprint density at radius 2 is 2.00 bits per heavy atom. The molecule has 1 aromatic carbocycles. The molecule has 82 valence electrons. The number of carbonyl (C=O) groups is 1. The van der Waals surface area contributed by atoms with Gasteiger partial charge in [-0.1, -0.05) is 25.4 Å². The Labute approximate surface area is 100 Å². The molecule has 0 heterocycles. The maximum atomic E-state index is 12.1. The van der Waals surface area contributed by atoms with Crippen molar-refractivity contribution in [2.24, 2.45) is 5.41 Å². The Balaban J connectivity index is 3.12. The molecule has 0 amide bonds. The van der Waals surface area contributed by atoms with Crippen LogP contribution in [-0.4, -0.2) is 11.7 Å². The van der Waals surface area contributed by atoms with E-state index in [2.05, 4.69) is 0 Å². The molecule has 0 aliphatic heterocycles. The number of alkyl halides is 1. The molecule has 0 radical (unpaired) electrons. The zero-order valence-corrected chi connectivity index (χ0v) is 10.6. The van der Waals surface area contributed by atoms with Gasteiger partial charge < -0.3 is 0 Å². The quantitative estimate of drug-likeness (QED) is 0.578. The molecule has 0 atom stereocenters. The molecule has 0 bridgehead atoms. The summed E-state index contributed by atoms with van der Waals surface area (Å²) in [7, 11) is 0. The van der Waals surface area contributed by atoms with E-state index in [1.807, 2.05) is 20.8 Å². The highest BCUT2D eigenvalue weighted by molar-refractivity contribution is 6.30. The van der Waals surface area contributed by atoms with Gasteiger partial charge in [-0.05, 0) is 30.7 Å². The predicted octanol–water partition coefficient (Wildman–Crippen LogP) is 4.10. The van der Waals surface area contributed by atoms with Crippen molar-refractivity contribution in [2.45, 2.75) is 20.8 Å². The molecule has 0 aliphatic rings. The van der Waals surface area contributed by atoms with Crippen LogP contribution in [0, 0.1) is 12.3 Å². The molecule has 0 aliphatic carbocycles. The van der Waals surface area contributed by atoms with Crippen LogP contribution < -0.4 is 0 Å². The Hall–Kier alpha value is -0.530. The minimum absolute atomic E-state index is 0.0617. The lowest BCUT2D eigenvalue weighted by atomic mass is 9.85. The van der Waals surface area contributed by atoms with Crippen LogP contribution in [0.1, 0.15) is 29.8 Å². The molecular formula is C12H14Cl2O. The molecule has 0 aromatic heterocycles. The van der Waals surface area contributed by atoms with Gasteiger partial charge in [0.1, 0.15) is 0 Å². The Kier molecular flexibility index (Phi) is 3.80. The molecule has 0 spiro atoms. The smallest absolute Gasteiger partial charge is 0.169 e. The second kappa shape index (κ2) is 4.54. The maximum absolute atomic E-state index is 12.1. The fourth-order valence-corrected chi connectivity index (χ4v) is 1.66. The van der Waals surface area contributed by atoms with E-state index in [9.17, 15) is 4.79 Å². The minimum atomic E-state index is -0.528. The van der Waals surface area contributed by atoms with Crippen molar-refractivity contribution < 1.29 is 4.79 Å². The summed E-state index contributed by atoms with van der Waals surface area (Å²) in [6.45, 7) is 5.57. The third kappa shape index (κ3) is 2.73. The lowest BCUT2D eigenvalue weighted by molar-refractivity contribution is 0.0861. The van der Waals surface area contributed by atoms with Gasteiger partial charge in [0.15, 0.2) is 5.78 Å². The number of carbonyl (C=O) groups excluding carboxylic acids is 1. The number of halogens is 2. The fraction of sp³-hybridized carbons (Fsp3) is 0.417. The third-order valence-corrected chi connectivity index (χ3v) is 3.29.